The van der Waals surface area contributed by atoms with E-state index in [2.05, 4.69) is 6.58 Å². The Balaban J connectivity index is 1.94. The smallest absolute Gasteiger partial charge is 0.334 e. The molecule has 5 unspecified atom stereocenters. The van der Waals surface area contributed by atoms with Gasteiger partial charge < -0.3 is 14.6 Å². The summed E-state index contributed by atoms with van der Waals surface area (Å²) in [6.45, 7) is 9.33. The molecular formula is C19H26O6. The molecule has 0 aromatic rings. The molecule has 3 fully saturated rings. The predicted molar refractivity (Wildman–Crippen MR) is 88.3 cm³/mol. The SMILES string of the molecule is C=C1C(=O)OC2C1CCC(COC(=O)C(C)C)C1(C)CCC(=O)C21O. The van der Waals surface area contributed by atoms with E-state index in [1.807, 2.05) is 6.92 Å². The Hall–Kier alpha value is -1.69. The van der Waals surface area contributed by atoms with Crippen LogP contribution in [0.15, 0.2) is 12.2 Å². The van der Waals surface area contributed by atoms with Gasteiger partial charge in [0.15, 0.2) is 11.4 Å². The van der Waals surface area contributed by atoms with E-state index in [0.717, 1.165) is 0 Å². The van der Waals surface area contributed by atoms with Gasteiger partial charge in [0, 0.05) is 29.2 Å². The molecule has 2 saturated carbocycles. The Kier molecular flexibility index (Phi) is 4.30. The maximum absolute atomic E-state index is 12.7. The van der Waals surface area contributed by atoms with Gasteiger partial charge in [0.25, 0.3) is 0 Å². The molecule has 1 aliphatic heterocycles. The standard InChI is InChI=1S/C19H26O6/c1-10(2)16(21)24-9-12-5-6-13-11(3)17(22)25-15(13)19(23)14(20)7-8-18(12,19)4/h10,12-13,15,23H,3,5-9H2,1-2,4H3. The zero-order chi connectivity index (χ0) is 18.6. The van der Waals surface area contributed by atoms with E-state index >= 15 is 0 Å². The van der Waals surface area contributed by atoms with E-state index < -0.39 is 23.1 Å². The molecule has 25 heavy (non-hydrogen) atoms. The first kappa shape index (κ1) is 18.1. The lowest BCUT2D eigenvalue weighted by atomic mass is 9.64. The predicted octanol–water partition coefficient (Wildman–Crippen LogP) is 1.79. The molecule has 0 amide bonds. The van der Waals surface area contributed by atoms with Crippen LogP contribution in [-0.2, 0) is 23.9 Å². The topological polar surface area (TPSA) is 89.9 Å². The van der Waals surface area contributed by atoms with Crippen LogP contribution in [0.1, 0.15) is 46.5 Å². The van der Waals surface area contributed by atoms with Gasteiger partial charge in [-0.1, -0.05) is 27.4 Å². The summed E-state index contributed by atoms with van der Waals surface area (Å²) in [6, 6.07) is 0. The number of carbonyl (C=O) groups excluding carboxylic acids is 3. The lowest BCUT2D eigenvalue weighted by Gasteiger charge is -2.44. The van der Waals surface area contributed by atoms with Gasteiger partial charge in [0.1, 0.15) is 6.10 Å². The Labute approximate surface area is 147 Å². The number of Topliss-reactive ketones (excluding diaryl/α,β-unsaturated/α-hetero) is 1. The lowest BCUT2D eigenvalue weighted by molar-refractivity contribution is -0.184. The van der Waals surface area contributed by atoms with Gasteiger partial charge in [0.05, 0.1) is 12.5 Å². The van der Waals surface area contributed by atoms with Crippen molar-refractivity contribution in [1.82, 2.24) is 0 Å². The van der Waals surface area contributed by atoms with Crippen LogP contribution < -0.4 is 0 Å². The highest BCUT2D eigenvalue weighted by atomic mass is 16.6. The van der Waals surface area contributed by atoms with E-state index in [1.54, 1.807) is 13.8 Å². The van der Waals surface area contributed by atoms with Crippen molar-refractivity contribution in [3.63, 3.8) is 0 Å². The quantitative estimate of drug-likeness (QED) is 0.616. The fourth-order valence-corrected chi connectivity index (χ4v) is 4.70. The summed E-state index contributed by atoms with van der Waals surface area (Å²) < 4.78 is 10.8. The number of fused-ring (bicyclic) bond motifs is 3. The molecule has 0 radical (unpaired) electrons. The summed E-state index contributed by atoms with van der Waals surface area (Å²) in [5, 5.41) is 11.5. The Morgan fingerprint density at radius 2 is 2.08 bits per heavy atom. The summed E-state index contributed by atoms with van der Waals surface area (Å²) in [4.78, 5) is 36.5. The molecule has 2 aliphatic carbocycles. The van der Waals surface area contributed by atoms with Gasteiger partial charge in [-0.2, -0.15) is 0 Å². The molecule has 3 aliphatic rings. The van der Waals surface area contributed by atoms with Crippen molar-refractivity contribution in [3.05, 3.63) is 12.2 Å². The van der Waals surface area contributed by atoms with Gasteiger partial charge in [-0.05, 0) is 19.3 Å². The summed E-state index contributed by atoms with van der Waals surface area (Å²) in [5.74, 6) is -1.90. The molecular weight excluding hydrogens is 324 g/mol. The molecule has 0 aromatic heterocycles. The average Bonchev–Trinajstić information content (AvgIpc) is 2.94. The first-order chi connectivity index (χ1) is 11.6. The normalized spacial score (nSPS) is 40.5. The summed E-state index contributed by atoms with van der Waals surface area (Å²) >= 11 is 0. The number of rotatable bonds is 3. The fourth-order valence-electron chi connectivity index (χ4n) is 4.70. The van der Waals surface area contributed by atoms with Crippen molar-refractivity contribution in [2.45, 2.75) is 58.2 Å². The molecule has 1 saturated heterocycles. The van der Waals surface area contributed by atoms with E-state index in [9.17, 15) is 19.5 Å². The minimum absolute atomic E-state index is 0.156. The van der Waals surface area contributed by atoms with Crippen molar-refractivity contribution in [2.75, 3.05) is 6.61 Å². The number of aliphatic hydroxyl groups is 1. The monoisotopic (exact) mass is 350 g/mol. The van der Waals surface area contributed by atoms with Crippen molar-refractivity contribution in [1.29, 1.82) is 0 Å². The minimum atomic E-state index is -1.75. The number of esters is 2. The van der Waals surface area contributed by atoms with Gasteiger partial charge in [-0.15, -0.1) is 0 Å². The molecule has 0 aromatic carbocycles. The zero-order valence-electron chi connectivity index (χ0n) is 15.0. The van der Waals surface area contributed by atoms with Crippen molar-refractivity contribution in [2.24, 2.45) is 23.2 Å². The second-order valence-electron chi connectivity index (χ2n) is 8.12. The fraction of sp³-hybridized carbons (Fsp3) is 0.737. The maximum Gasteiger partial charge on any atom is 0.334 e. The zero-order valence-corrected chi connectivity index (χ0v) is 15.0. The average molecular weight is 350 g/mol. The highest BCUT2D eigenvalue weighted by Crippen LogP contribution is 2.58. The molecule has 3 rings (SSSR count). The third kappa shape index (κ3) is 2.45. The van der Waals surface area contributed by atoms with Gasteiger partial charge in [0.2, 0.25) is 0 Å². The van der Waals surface area contributed by atoms with Crippen LogP contribution in [0.3, 0.4) is 0 Å². The Morgan fingerprint density at radius 3 is 2.72 bits per heavy atom. The van der Waals surface area contributed by atoms with Crippen LogP contribution in [0.25, 0.3) is 0 Å². The number of carbonyl (C=O) groups is 3. The molecule has 1 N–H and O–H groups in total. The number of ketones is 1. The number of ether oxygens (including phenoxy) is 2. The largest absolute Gasteiger partial charge is 0.465 e. The number of hydrogen-bond acceptors (Lipinski definition) is 6. The molecule has 0 spiro atoms. The molecule has 0 bridgehead atoms. The summed E-state index contributed by atoms with van der Waals surface area (Å²) in [6.07, 6.45) is 1.03. The first-order valence-electron chi connectivity index (χ1n) is 8.95. The van der Waals surface area contributed by atoms with Crippen molar-refractivity contribution in [3.8, 4) is 0 Å². The molecule has 1 heterocycles. The van der Waals surface area contributed by atoms with E-state index in [4.69, 9.17) is 9.47 Å². The maximum atomic E-state index is 12.7. The van der Waals surface area contributed by atoms with E-state index in [1.165, 1.54) is 0 Å². The summed E-state index contributed by atoms with van der Waals surface area (Å²) in [7, 11) is 0. The molecule has 6 heteroatoms. The molecule has 5 atom stereocenters. The van der Waals surface area contributed by atoms with Crippen LogP contribution in [0.5, 0.6) is 0 Å². The van der Waals surface area contributed by atoms with Crippen LogP contribution in [0.2, 0.25) is 0 Å². The van der Waals surface area contributed by atoms with Crippen LogP contribution in [-0.4, -0.2) is 41.1 Å². The second kappa shape index (κ2) is 5.94. The highest BCUT2D eigenvalue weighted by Gasteiger charge is 2.69. The Bertz CT molecular complexity index is 638. The van der Waals surface area contributed by atoms with Crippen molar-refractivity contribution >= 4 is 17.7 Å². The third-order valence-electron chi connectivity index (χ3n) is 6.51. The van der Waals surface area contributed by atoms with Crippen LogP contribution in [0.4, 0.5) is 0 Å². The third-order valence-corrected chi connectivity index (χ3v) is 6.51. The molecule has 138 valence electrons. The summed E-state index contributed by atoms with van der Waals surface area (Å²) in [5.41, 5.74) is -2.23. The van der Waals surface area contributed by atoms with E-state index in [-0.39, 0.29) is 42.5 Å². The van der Waals surface area contributed by atoms with Gasteiger partial charge >= 0.3 is 11.9 Å². The highest BCUT2D eigenvalue weighted by molar-refractivity contribution is 5.96. The van der Waals surface area contributed by atoms with Crippen LogP contribution in [0, 0.1) is 23.2 Å². The lowest BCUT2D eigenvalue weighted by Crippen LogP contribution is -2.59. The molecule has 6 nitrogen and oxygen atoms in total. The first-order valence-corrected chi connectivity index (χ1v) is 8.95. The van der Waals surface area contributed by atoms with Gasteiger partial charge in [-0.3, -0.25) is 9.59 Å². The minimum Gasteiger partial charge on any atom is -0.465 e. The number of hydrogen-bond donors (Lipinski definition) is 1. The van der Waals surface area contributed by atoms with Crippen LogP contribution >= 0.6 is 0 Å². The van der Waals surface area contributed by atoms with E-state index in [0.29, 0.717) is 24.8 Å². The van der Waals surface area contributed by atoms with Gasteiger partial charge in [-0.25, -0.2) is 4.79 Å². The van der Waals surface area contributed by atoms with Crippen molar-refractivity contribution < 1.29 is 29.0 Å². The second-order valence-corrected chi connectivity index (χ2v) is 8.12. The Morgan fingerprint density at radius 1 is 1.40 bits per heavy atom.